The van der Waals surface area contributed by atoms with E-state index in [4.69, 9.17) is 0 Å². The Morgan fingerprint density at radius 1 is 1.27 bits per heavy atom. The van der Waals surface area contributed by atoms with Gasteiger partial charge in [0.1, 0.15) is 12.1 Å². The summed E-state index contributed by atoms with van der Waals surface area (Å²) in [5.74, 6) is 1.73. The van der Waals surface area contributed by atoms with E-state index in [1.54, 1.807) is 12.5 Å². The van der Waals surface area contributed by atoms with E-state index in [0.717, 1.165) is 49.5 Å². The molecule has 0 saturated carbocycles. The summed E-state index contributed by atoms with van der Waals surface area (Å²) in [6, 6.07) is 0. The van der Waals surface area contributed by atoms with Crippen LogP contribution in [0.25, 0.3) is 11.0 Å². The summed E-state index contributed by atoms with van der Waals surface area (Å²) in [7, 11) is 0. The first-order valence-corrected chi connectivity index (χ1v) is 7.82. The van der Waals surface area contributed by atoms with Crippen LogP contribution in [0.2, 0.25) is 0 Å². The molecule has 7 nitrogen and oxygen atoms in total. The van der Waals surface area contributed by atoms with E-state index in [0.29, 0.717) is 12.3 Å². The molecule has 1 fully saturated rings. The fourth-order valence-electron chi connectivity index (χ4n) is 2.74. The topological polar surface area (TPSA) is 78.0 Å². The van der Waals surface area contributed by atoms with E-state index in [1.807, 2.05) is 4.90 Å². The Hall–Kier alpha value is -2.18. The lowest BCUT2D eigenvalue weighted by atomic mass is 10.1. The molecule has 0 unspecified atom stereocenters. The van der Waals surface area contributed by atoms with Gasteiger partial charge in [-0.2, -0.15) is 5.10 Å². The molecule has 0 aromatic carbocycles. The second-order valence-electron chi connectivity index (χ2n) is 6.13. The van der Waals surface area contributed by atoms with Crippen LogP contribution in [-0.2, 0) is 4.79 Å². The minimum Gasteiger partial charge on any atom is -0.352 e. The third-order valence-corrected chi connectivity index (χ3v) is 4.09. The molecular formula is C15H22N6O. The van der Waals surface area contributed by atoms with Crippen LogP contribution < -0.4 is 4.90 Å². The highest BCUT2D eigenvalue weighted by Gasteiger charge is 2.23. The maximum Gasteiger partial charge on any atom is 0.222 e. The molecule has 0 aliphatic carbocycles. The summed E-state index contributed by atoms with van der Waals surface area (Å²) in [4.78, 5) is 24.9. The second-order valence-corrected chi connectivity index (χ2v) is 6.13. The van der Waals surface area contributed by atoms with Gasteiger partial charge in [0.05, 0.1) is 11.6 Å². The van der Waals surface area contributed by atoms with Gasteiger partial charge in [-0.3, -0.25) is 9.89 Å². The summed E-state index contributed by atoms with van der Waals surface area (Å²) in [5.41, 5.74) is 0.750. The molecule has 1 aliphatic heterocycles. The molecule has 22 heavy (non-hydrogen) atoms. The summed E-state index contributed by atoms with van der Waals surface area (Å²) in [6.07, 6.45) is 4.92. The van der Waals surface area contributed by atoms with Gasteiger partial charge in [0.25, 0.3) is 0 Å². The van der Waals surface area contributed by atoms with Crippen molar-refractivity contribution in [1.82, 2.24) is 25.1 Å². The third-order valence-electron chi connectivity index (χ3n) is 4.09. The number of amides is 1. The number of hydrogen-bond donors (Lipinski definition) is 1. The first-order chi connectivity index (χ1) is 10.6. The number of carbonyl (C=O) groups is 1. The minimum absolute atomic E-state index is 0.268. The Labute approximate surface area is 129 Å². The fraction of sp³-hybridized carbons (Fsp3) is 0.600. The van der Waals surface area contributed by atoms with Gasteiger partial charge in [0.2, 0.25) is 5.91 Å². The monoisotopic (exact) mass is 302 g/mol. The number of fused-ring (bicyclic) bond motifs is 1. The number of hydrogen-bond acceptors (Lipinski definition) is 5. The quantitative estimate of drug-likeness (QED) is 0.924. The van der Waals surface area contributed by atoms with Crippen LogP contribution in [0.4, 0.5) is 5.82 Å². The maximum absolute atomic E-state index is 12.2. The zero-order valence-corrected chi connectivity index (χ0v) is 13.1. The van der Waals surface area contributed by atoms with Crippen molar-refractivity contribution in [2.75, 3.05) is 31.1 Å². The molecule has 0 atom stereocenters. The first-order valence-electron chi connectivity index (χ1n) is 7.82. The molecule has 0 radical (unpaired) electrons. The second kappa shape index (κ2) is 6.29. The molecule has 7 heteroatoms. The number of piperazine rings is 1. The van der Waals surface area contributed by atoms with Crippen LogP contribution in [0.1, 0.15) is 26.7 Å². The van der Waals surface area contributed by atoms with Gasteiger partial charge in [0.15, 0.2) is 5.65 Å². The van der Waals surface area contributed by atoms with Gasteiger partial charge in [-0.05, 0) is 12.3 Å². The number of aromatic amines is 1. The van der Waals surface area contributed by atoms with E-state index in [2.05, 4.69) is 38.9 Å². The van der Waals surface area contributed by atoms with E-state index in [1.165, 1.54) is 0 Å². The van der Waals surface area contributed by atoms with Crippen molar-refractivity contribution in [3.63, 3.8) is 0 Å². The lowest BCUT2D eigenvalue weighted by molar-refractivity contribution is -0.131. The van der Waals surface area contributed by atoms with Crippen molar-refractivity contribution < 1.29 is 4.79 Å². The summed E-state index contributed by atoms with van der Waals surface area (Å²) in [5, 5.41) is 7.82. The van der Waals surface area contributed by atoms with Gasteiger partial charge in [0, 0.05) is 32.6 Å². The number of anilines is 1. The van der Waals surface area contributed by atoms with Crippen molar-refractivity contribution in [2.24, 2.45) is 5.92 Å². The van der Waals surface area contributed by atoms with E-state index in [-0.39, 0.29) is 5.91 Å². The van der Waals surface area contributed by atoms with Gasteiger partial charge in [-0.1, -0.05) is 13.8 Å². The number of carbonyl (C=O) groups excluding carboxylic acids is 1. The van der Waals surface area contributed by atoms with Gasteiger partial charge < -0.3 is 9.80 Å². The Bertz CT molecular complexity index is 644. The maximum atomic E-state index is 12.2. The molecule has 1 N–H and O–H groups in total. The van der Waals surface area contributed by atoms with Crippen molar-refractivity contribution in [1.29, 1.82) is 0 Å². The van der Waals surface area contributed by atoms with E-state index >= 15 is 0 Å². The van der Waals surface area contributed by atoms with Crippen LogP contribution in [0, 0.1) is 5.92 Å². The first kappa shape index (κ1) is 14.7. The predicted molar refractivity (Wildman–Crippen MR) is 84.5 cm³/mol. The SMILES string of the molecule is CC(C)CCC(=O)N1CCN(c2ncnc3[nH]ncc23)CC1. The predicted octanol–water partition coefficient (Wildman–Crippen LogP) is 1.44. The summed E-state index contributed by atoms with van der Waals surface area (Å²) < 4.78 is 0. The molecule has 1 amide bonds. The Balaban J connectivity index is 1.62. The Morgan fingerprint density at radius 2 is 2.05 bits per heavy atom. The van der Waals surface area contributed by atoms with Crippen LogP contribution in [0.5, 0.6) is 0 Å². The van der Waals surface area contributed by atoms with Crippen molar-refractivity contribution >= 4 is 22.8 Å². The molecule has 3 heterocycles. The molecule has 3 rings (SSSR count). The normalized spacial score (nSPS) is 15.8. The summed E-state index contributed by atoms with van der Waals surface area (Å²) >= 11 is 0. The number of H-pyrrole nitrogens is 1. The van der Waals surface area contributed by atoms with Crippen LogP contribution >= 0.6 is 0 Å². The zero-order chi connectivity index (χ0) is 15.5. The molecule has 118 valence electrons. The van der Waals surface area contributed by atoms with E-state index in [9.17, 15) is 4.79 Å². The molecule has 2 aromatic rings. The smallest absolute Gasteiger partial charge is 0.222 e. The molecule has 0 bridgehead atoms. The molecule has 0 spiro atoms. The van der Waals surface area contributed by atoms with E-state index < -0.39 is 0 Å². The lowest BCUT2D eigenvalue weighted by Crippen LogP contribution is -2.49. The Kier molecular flexibility index (Phi) is 4.22. The Morgan fingerprint density at radius 3 is 2.77 bits per heavy atom. The highest BCUT2D eigenvalue weighted by molar-refractivity contribution is 5.86. The molecule has 1 saturated heterocycles. The average molecular weight is 302 g/mol. The lowest BCUT2D eigenvalue weighted by Gasteiger charge is -2.35. The number of rotatable bonds is 4. The molecule has 2 aromatic heterocycles. The minimum atomic E-state index is 0.268. The standard InChI is InChI=1S/C15H22N6O/c1-11(2)3-4-13(22)20-5-7-21(8-6-20)15-12-9-18-19-14(12)16-10-17-15/h9-11H,3-8H2,1-2H3,(H,16,17,18,19). The van der Waals surface area contributed by atoms with Crippen LogP contribution in [0.3, 0.4) is 0 Å². The van der Waals surface area contributed by atoms with Crippen LogP contribution in [0.15, 0.2) is 12.5 Å². The fourth-order valence-corrected chi connectivity index (χ4v) is 2.74. The molecule has 1 aliphatic rings. The molecular weight excluding hydrogens is 280 g/mol. The number of nitrogens with one attached hydrogen (secondary N) is 1. The van der Waals surface area contributed by atoms with Crippen molar-refractivity contribution in [3.8, 4) is 0 Å². The van der Waals surface area contributed by atoms with Crippen molar-refractivity contribution in [2.45, 2.75) is 26.7 Å². The van der Waals surface area contributed by atoms with Gasteiger partial charge in [-0.25, -0.2) is 9.97 Å². The third kappa shape index (κ3) is 3.03. The highest BCUT2D eigenvalue weighted by Crippen LogP contribution is 2.22. The van der Waals surface area contributed by atoms with Crippen molar-refractivity contribution in [3.05, 3.63) is 12.5 Å². The largest absolute Gasteiger partial charge is 0.352 e. The van der Waals surface area contributed by atoms with Gasteiger partial charge in [-0.15, -0.1) is 0 Å². The number of nitrogens with zero attached hydrogens (tertiary/aromatic N) is 5. The summed E-state index contributed by atoms with van der Waals surface area (Å²) in [6.45, 7) is 7.39. The zero-order valence-electron chi connectivity index (χ0n) is 13.1. The van der Waals surface area contributed by atoms with Gasteiger partial charge >= 0.3 is 0 Å². The number of aromatic nitrogens is 4. The average Bonchev–Trinajstić information content (AvgIpc) is 3.01. The van der Waals surface area contributed by atoms with Crippen LogP contribution in [-0.4, -0.2) is 57.2 Å². The highest BCUT2D eigenvalue weighted by atomic mass is 16.2.